The number of aliphatic hydroxyl groups excluding tert-OH is 4. The molecule has 0 saturated carbocycles. The van der Waals surface area contributed by atoms with Gasteiger partial charge in [0.1, 0.15) is 12.2 Å². The molecule has 4 atom stereocenters. The minimum Gasteiger partial charge on any atom is -0.387 e. The summed E-state index contributed by atoms with van der Waals surface area (Å²) in [5, 5.41) is 43.9. The van der Waals surface area contributed by atoms with E-state index in [0.717, 1.165) is 38.5 Å². The molecule has 0 aromatic rings. The van der Waals surface area contributed by atoms with Crippen molar-refractivity contribution >= 4 is 11.8 Å². The van der Waals surface area contributed by atoms with E-state index >= 15 is 0 Å². The van der Waals surface area contributed by atoms with E-state index in [1.165, 1.54) is 0 Å². The maximum absolute atomic E-state index is 11.7. The van der Waals surface area contributed by atoms with Crippen LogP contribution in [0.2, 0.25) is 0 Å². The van der Waals surface area contributed by atoms with Gasteiger partial charge >= 0.3 is 0 Å². The van der Waals surface area contributed by atoms with Crippen LogP contribution in [0.3, 0.4) is 0 Å². The number of carbonyl (C=O) groups is 2. The summed E-state index contributed by atoms with van der Waals surface area (Å²) in [6, 6.07) is 0. The van der Waals surface area contributed by atoms with Crippen molar-refractivity contribution in [3.63, 3.8) is 0 Å². The van der Waals surface area contributed by atoms with Gasteiger partial charge in [-0.25, -0.2) is 0 Å². The highest BCUT2D eigenvalue weighted by Gasteiger charge is 2.37. The Bertz CT molecular complexity index is 332. The topological polar surface area (TPSA) is 139 Å². The molecular weight excluding hydrogens is 316 g/mol. The molecule has 0 aromatic heterocycles. The van der Waals surface area contributed by atoms with Crippen LogP contribution in [0, 0.1) is 0 Å². The zero-order valence-electron chi connectivity index (χ0n) is 14.6. The van der Waals surface area contributed by atoms with E-state index in [4.69, 9.17) is 0 Å². The molecule has 8 nitrogen and oxygen atoms in total. The summed E-state index contributed by atoms with van der Waals surface area (Å²) in [7, 11) is 0. The number of amides is 2. The van der Waals surface area contributed by atoms with Gasteiger partial charge in [0.05, 0.1) is 0 Å². The molecule has 0 aliphatic carbocycles. The number of hydrogen-bond acceptors (Lipinski definition) is 6. The number of rotatable bonds is 13. The van der Waals surface area contributed by atoms with Crippen molar-refractivity contribution < 1.29 is 30.0 Å². The van der Waals surface area contributed by atoms with Crippen LogP contribution in [0.15, 0.2) is 0 Å². The first-order chi connectivity index (χ1) is 11.4. The zero-order chi connectivity index (χ0) is 18.5. The average molecular weight is 348 g/mol. The van der Waals surface area contributed by atoms with Crippen molar-refractivity contribution in [3.8, 4) is 0 Å². The minimum atomic E-state index is -1.97. The Morgan fingerprint density at radius 1 is 0.708 bits per heavy atom. The molecule has 4 unspecified atom stereocenters. The van der Waals surface area contributed by atoms with Gasteiger partial charge in [-0.05, 0) is 12.8 Å². The fourth-order valence-electron chi connectivity index (χ4n) is 2.07. The van der Waals surface area contributed by atoms with E-state index in [0.29, 0.717) is 13.1 Å². The lowest BCUT2D eigenvalue weighted by Gasteiger charge is -2.25. The molecule has 0 saturated heterocycles. The highest BCUT2D eigenvalue weighted by atomic mass is 16.4. The molecule has 0 bridgehead atoms. The van der Waals surface area contributed by atoms with Gasteiger partial charge in [0.25, 0.3) is 11.8 Å². The first kappa shape index (κ1) is 22.8. The Morgan fingerprint density at radius 3 is 1.33 bits per heavy atom. The lowest BCUT2D eigenvalue weighted by Crippen LogP contribution is -2.54. The SMILES string of the molecule is CCCCCNC(=O)C(O)C(O)C(O)C(O)C(=O)NCCCCC. The number of unbranched alkanes of at least 4 members (excludes halogenated alkanes) is 4. The van der Waals surface area contributed by atoms with E-state index in [1.807, 2.05) is 13.8 Å². The fraction of sp³-hybridized carbons (Fsp3) is 0.875. The van der Waals surface area contributed by atoms with Gasteiger partial charge in [-0.1, -0.05) is 39.5 Å². The third-order valence-corrected chi connectivity index (χ3v) is 3.69. The van der Waals surface area contributed by atoms with Crippen LogP contribution in [0.5, 0.6) is 0 Å². The molecule has 8 heteroatoms. The van der Waals surface area contributed by atoms with Gasteiger partial charge in [-0.3, -0.25) is 9.59 Å². The van der Waals surface area contributed by atoms with Gasteiger partial charge in [-0.2, -0.15) is 0 Å². The maximum atomic E-state index is 11.7. The Hall–Kier alpha value is -1.22. The first-order valence-corrected chi connectivity index (χ1v) is 8.64. The minimum absolute atomic E-state index is 0.340. The molecule has 6 N–H and O–H groups in total. The summed E-state index contributed by atoms with van der Waals surface area (Å²) < 4.78 is 0. The normalized spacial score (nSPS) is 16.1. The van der Waals surface area contributed by atoms with E-state index in [9.17, 15) is 30.0 Å². The third-order valence-electron chi connectivity index (χ3n) is 3.69. The molecule has 0 rings (SSSR count). The Labute approximate surface area is 143 Å². The van der Waals surface area contributed by atoms with E-state index < -0.39 is 36.2 Å². The monoisotopic (exact) mass is 348 g/mol. The van der Waals surface area contributed by atoms with Gasteiger partial charge < -0.3 is 31.1 Å². The van der Waals surface area contributed by atoms with E-state index in [1.54, 1.807) is 0 Å². The van der Waals surface area contributed by atoms with Gasteiger partial charge in [0, 0.05) is 13.1 Å². The molecule has 0 aliphatic rings. The number of aliphatic hydroxyl groups is 4. The van der Waals surface area contributed by atoms with Crippen molar-refractivity contribution in [1.29, 1.82) is 0 Å². The zero-order valence-corrected chi connectivity index (χ0v) is 14.6. The predicted octanol–water partition coefficient (Wildman–Crippen LogP) is -0.957. The second kappa shape index (κ2) is 13.1. The Balaban J connectivity index is 4.31. The van der Waals surface area contributed by atoms with Crippen LogP contribution in [0.25, 0.3) is 0 Å². The summed E-state index contributed by atoms with van der Waals surface area (Å²) in [4.78, 5) is 23.3. The number of carbonyl (C=O) groups excluding carboxylic acids is 2. The van der Waals surface area contributed by atoms with Crippen molar-refractivity contribution in [2.75, 3.05) is 13.1 Å². The maximum Gasteiger partial charge on any atom is 0.251 e. The number of hydrogen-bond donors (Lipinski definition) is 6. The predicted molar refractivity (Wildman–Crippen MR) is 89.1 cm³/mol. The van der Waals surface area contributed by atoms with Gasteiger partial charge in [0.2, 0.25) is 0 Å². The molecule has 0 aromatic carbocycles. The number of nitrogens with one attached hydrogen (secondary N) is 2. The summed E-state index contributed by atoms with van der Waals surface area (Å²) in [5.41, 5.74) is 0. The standard InChI is InChI=1S/C16H32N2O6/c1-3-5-7-9-17-15(23)13(21)11(19)12(20)14(22)16(24)18-10-8-6-4-2/h11-14,19-22H,3-10H2,1-2H3,(H,17,23)(H,18,24). The smallest absolute Gasteiger partial charge is 0.251 e. The van der Waals surface area contributed by atoms with Crippen LogP contribution in [-0.2, 0) is 9.59 Å². The summed E-state index contributed by atoms with van der Waals surface area (Å²) >= 11 is 0. The molecule has 0 heterocycles. The van der Waals surface area contributed by atoms with E-state index in [-0.39, 0.29) is 0 Å². The fourth-order valence-corrected chi connectivity index (χ4v) is 2.07. The van der Waals surface area contributed by atoms with Crippen molar-refractivity contribution in [3.05, 3.63) is 0 Å². The quantitative estimate of drug-likeness (QED) is 0.237. The average Bonchev–Trinajstić information content (AvgIpc) is 2.59. The molecule has 0 aliphatic heterocycles. The summed E-state index contributed by atoms with van der Waals surface area (Å²) in [5.74, 6) is -1.71. The van der Waals surface area contributed by atoms with Crippen LogP contribution in [0.1, 0.15) is 52.4 Å². The molecule has 24 heavy (non-hydrogen) atoms. The molecular formula is C16H32N2O6. The lowest BCUT2D eigenvalue weighted by atomic mass is 10.0. The van der Waals surface area contributed by atoms with Crippen molar-refractivity contribution in [1.82, 2.24) is 10.6 Å². The highest BCUT2D eigenvalue weighted by Crippen LogP contribution is 2.06. The molecule has 142 valence electrons. The van der Waals surface area contributed by atoms with E-state index in [2.05, 4.69) is 10.6 Å². The molecule has 2 amide bonds. The second-order valence-corrected chi connectivity index (χ2v) is 5.87. The molecule has 0 fully saturated rings. The van der Waals surface area contributed by atoms with Gasteiger partial charge in [-0.15, -0.1) is 0 Å². The van der Waals surface area contributed by atoms with Crippen LogP contribution >= 0.6 is 0 Å². The second-order valence-electron chi connectivity index (χ2n) is 5.87. The Morgan fingerprint density at radius 2 is 1.04 bits per heavy atom. The van der Waals surface area contributed by atoms with Crippen LogP contribution in [0.4, 0.5) is 0 Å². The lowest BCUT2D eigenvalue weighted by molar-refractivity contribution is -0.155. The van der Waals surface area contributed by atoms with Crippen molar-refractivity contribution in [2.24, 2.45) is 0 Å². The van der Waals surface area contributed by atoms with Crippen LogP contribution in [-0.4, -0.2) is 69.7 Å². The van der Waals surface area contributed by atoms with Gasteiger partial charge in [0.15, 0.2) is 12.2 Å². The highest BCUT2D eigenvalue weighted by molar-refractivity contribution is 5.83. The van der Waals surface area contributed by atoms with Crippen LogP contribution < -0.4 is 10.6 Å². The van der Waals surface area contributed by atoms with Crippen molar-refractivity contribution in [2.45, 2.75) is 76.8 Å². The molecule has 0 spiro atoms. The summed E-state index contributed by atoms with van der Waals surface area (Å²) in [6.45, 7) is 4.69. The largest absolute Gasteiger partial charge is 0.387 e. The first-order valence-electron chi connectivity index (χ1n) is 8.64. The Kier molecular flexibility index (Phi) is 12.4. The third kappa shape index (κ3) is 8.58. The molecule has 0 radical (unpaired) electrons. The summed E-state index contributed by atoms with van der Waals surface area (Å²) in [6.07, 6.45) is -2.55.